The zero-order valence-corrected chi connectivity index (χ0v) is 12.7. The molecule has 0 N–H and O–H groups in total. The predicted octanol–water partition coefficient (Wildman–Crippen LogP) is 2.71. The maximum Gasteiger partial charge on any atom is 0.276 e. The molecule has 0 radical (unpaired) electrons. The van der Waals surface area contributed by atoms with Gasteiger partial charge in [-0.1, -0.05) is 37.8 Å². The number of benzene rings is 1. The van der Waals surface area contributed by atoms with Crippen LogP contribution in [0.15, 0.2) is 35.3 Å². The van der Waals surface area contributed by atoms with Crippen LogP contribution < -0.4 is 5.56 Å². The van der Waals surface area contributed by atoms with E-state index in [2.05, 4.69) is 24.7 Å². The predicted molar refractivity (Wildman–Crippen MR) is 80.1 cm³/mol. The molecule has 102 valence electrons. The van der Waals surface area contributed by atoms with Crippen LogP contribution >= 0.6 is 0 Å². The Balaban J connectivity index is 2.06. The number of hydrogen-bond acceptors (Lipinski definition) is 3. The van der Waals surface area contributed by atoms with Crippen LogP contribution in [0, 0.1) is 0 Å². The molecule has 1 aromatic heterocycles. The monoisotopic (exact) mass is 276 g/mol. The average Bonchev–Trinajstić information content (AvgIpc) is 2.36. The molecule has 2 aromatic rings. The van der Waals surface area contributed by atoms with Gasteiger partial charge >= 0.3 is 0 Å². The number of fused-ring (bicyclic) bond motifs is 1. The Morgan fingerprint density at radius 1 is 1.26 bits per heavy atom. The minimum Gasteiger partial charge on any atom is -0.359 e. The van der Waals surface area contributed by atoms with Crippen LogP contribution in [0.4, 0.5) is 0 Å². The van der Waals surface area contributed by atoms with Gasteiger partial charge < -0.3 is 4.74 Å². The highest BCUT2D eigenvalue weighted by atomic mass is 28.3. The van der Waals surface area contributed by atoms with Crippen molar-refractivity contribution in [3.05, 3.63) is 40.8 Å². The van der Waals surface area contributed by atoms with Crippen LogP contribution in [-0.4, -0.2) is 24.5 Å². The van der Waals surface area contributed by atoms with E-state index in [0.717, 1.165) is 11.4 Å². The molecule has 0 aliphatic rings. The van der Waals surface area contributed by atoms with Crippen molar-refractivity contribution in [3.63, 3.8) is 0 Å². The minimum atomic E-state index is -1.09. The second-order valence-electron chi connectivity index (χ2n) is 5.88. The van der Waals surface area contributed by atoms with E-state index >= 15 is 0 Å². The summed E-state index contributed by atoms with van der Waals surface area (Å²) in [6.45, 7) is 7.83. The summed E-state index contributed by atoms with van der Waals surface area (Å²) in [5.74, 6) is 0. The van der Waals surface area contributed by atoms with Crippen LogP contribution in [0.3, 0.4) is 0 Å². The maximum atomic E-state index is 12.1. The molecule has 5 heteroatoms. The minimum absolute atomic E-state index is 0.0916. The van der Waals surface area contributed by atoms with Gasteiger partial charge in [0.1, 0.15) is 6.73 Å². The molecule has 1 heterocycles. The molecule has 0 amide bonds. The molecule has 0 fully saturated rings. The Morgan fingerprint density at radius 2 is 2.00 bits per heavy atom. The Hall–Kier alpha value is -1.46. The molecule has 1 aromatic carbocycles. The largest absolute Gasteiger partial charge is 0.359 e. The van der Waals surface area contributed by atoms with Crippen LogP contribution in [0.5, 0.6) is 0 Å². The average molecular weight is 276 g/mol. The fourth-order valence-electron chi connectivity index (χ4n) is 1.75. The lowest BCUT2D eigenvalue weighted by molar-refractivity contribution is 0.0754. The SMILES string of the molecule is C[Si](C)(C)CCOCn1ncc2ccccc2c1=O. The Labute approximate surface area is 114 Å². The quantitative estimate of drug-likeness (QED) is 0.623. The molecule has 0 aliphatic heterocycles. The standard InChI is InChI=1S/C14H20N2O2Si/c1-19(2,3)9-8-18-11-16-14(17)13-7-5-4-6-12(13)10-15-16/h4-7,10H,8-9,11H2,1-3H3. The van der Waals surface area contributed by atoms with Gasteiger partial charge in [-0.15, -0.1) is 0 Å². The highest BCUT2D eigenvalue weighted by Crippen LogP contribution is 2.08. The first-order valence-corrected chi connectivity index (χ1v) is 10.2. The summed E-state index contributed by atoms with van der Waals surface area (Å²) < 4.78 is 6.94. The first-order chi connectivity index (χ1) is 8.97. The molecule has 0 saturated heterocycles. The van der Waals surface area contributed by atoms with Crippen molar-refractivity contribution < 1.29 is 4.74 Å². The molecule has 0 aliphatic carbocycles. The van der Waals surface area contributed by atoms with Crippen molar-refractivity contribution in [2.24, 2.45) is 0 Å². The molecule has 0 spiro atoms. The zero-order valence-electron chi connectivity index (χ0n) is 11.7. The molecule has 2 rings (SSSR count). The smallest absolute Gasteiger partial charge is 0.276 e. The lowest BCUT2D eigenvalue weighted by Gasteiger charge is -2.15. The second kappa shape index (κ2) is 5.67. The van der Waals surface area contributed by atoms with E-state index in [9.17, 15) is 4.79 Å². The summed E-state index contributed by atoms with van der Waals surface area (Å²) in [5, 5.41) is 5.68. The van der Waals surface area contributed by atoms with Crippen molar-refractivity contribution in [3.8, 4) is 0 Å². The molecule has 0 atom stereocenters. The summed E-state index contributed by atoms with van der Waals surface area (Å²) >= 11 is 0. The van der Waals surface area contributed by atoms with Gasteiger partial charge in [0.25, 0.3) is 5.56 Å². The van der Waals surface area contributed by atoms with Crippen LogP contribution in [0.25, 0.3) is 10.8 Å². The van der Waals surface area contributed by atoms with E-state index in [1.165, 1.54) is 4.68 Å². The van der Waals surface area contributed by atoms with Gasteiger partial charge in [0, 0.05) is 20.1 Å². The summed E-state index contributed by atoms with van der Waals surface area (Å²) in [5.41, 5.74) is -0.0916. The van der Waals surface area contributed by atoms with E-state index < -0.39 is 8.07 Å². The van der Waals surface area contributed by atoms with E-state index in [0.29, 0.717) is 12.0 Å². The highest BCUT2D eigenvalue weighted by molar-refractivity contribution is 6.76. The maximum absolute atomic E-state index is 12.1. The molecular formula is C14H20N2O2Si. The van der Waals surface area contributed by atoms with Gasteiger partial charge in [0.2, 0.25) is 0 Å². The zero-order chi connectivity index (χ0) is 13.9. The van der Waals surface area contributed by atoms with Gasteiger partial charge in [-0.2, -0.15) is 5.10 Å². The second-order valence-corrected chi connectivity index (χ2v) is 11.5. The third kappa shape index (κ3) is 3.75. The van der Waals surface area contributed by atoms with Crippen molar-refractivity contribution >= 4 is 18.8 Å². The first kappa shape index (κ1) is 14.0. The van der Waals surface area contributed by atoms with E-state index in [1.807, 2.05) is 24.3 Å². The Bertz CT molecular complexity index is 617. The number of ether oxygens (including phenoxy) is 1. The van der Waals surface area contributed by atoms with Crippen molar-refractivity contribution in [2.45, 2.75) is 32.4 Å². The number of nitrogens with zero attached hydrogens (tertiary/aromatic N) is 2. The highest BCUT2D eigenvalue weighted by Gasteiger charge is 2.12. The lowest BCUT2D eigenvalue weighted by atomic mass is 10.2. The topological polar surface area (TPSA) is 44.1 Å². The molecular weight excluding hydrogens is 256 g/mol. The third-order valence-electron chi connectivity index (χ3n) is 2.97. The van der Waals surface area contributed by atoms with E-state index in [1.54, 1.807) is 6.20 Å². The third-order valence-corrected chi connectivity index (χ3v) is 4.68. The number of rotatable bonds is 5. The van der Waals surface area contributed by atoms with Gasteiger partial charge in [0.15, 0.2) is 0 Å². The van der Waals surface area contributed by atoms with E-state index in [4.69, 9.17) is 4.74 Å². The first-order valence-electron chi connectivity index (χ1n) is 6.50. The van der Waals surface area contributed by atoms with Gasteiger partial charge in [0.05, 0.1) is 11.6 Å². The summed E-state index contributed by atoms with van der Waals surface area (Å²) in [6.07, 6.45) is 1.71. The summed E-state index contributed by atoms with van der Waals surface area (Å²) in [7, 11) is -1.09. The molecule has 4 nitrogen and oxygen atoms in total. The molecule has 0 unspecified atom stereocenters. The molecule has 0 saturated carbocycles. The van der Waals surface area contributed by atoms with Crippen molar-refractivity contribution in [1.29, 1.82) is 0 Å². The summed E-state index contributed by atoms with van der Waals surface area (Å²) in [6, 6.07) is 8.56. The number of aromatic nitrogens is 2. The number of hydrogen-bond donors (Lipinski definition) is 0. The van der Waals surface area contributed by atoms with Gasteiger partial charge in [-0.05, 0) is 12.1 Å². The van der Waals surface area contributed by atoms with Crippen molar-refractivity contribution in [1.82, 2.24) is 9.78 Å². The van der Waals surface area contributed by atoms with Gasteiger partial charge in [-0.3, -0.25) is 4.79 Å². The Kier molecular flexibility index (Phi) is 4.16. The van der Waals surface area contributed by atoms with Crippen LogP contribution in [0.1, 0.15) is 0 Å². The molecule has 0 bridgehead atoms. The lowest BCUT2D eigenvalue weighted by Crippen LogP contribution is -2.26. The molecule has 19 heavy (non-hydrogen) atoms. The fourth-order valence-corrected chi connectivity index (χ4v) is 2.51. The fraction of sp³-hybridized carbons (Fsp3) is 0.429. The van der Waals surface area contributed by atoms with Crippen LogP contribution in [-0.2, 0) is 11.5 Å². The normalized spacial score (nSPS) is 11.9. The van der Waals surface area contributed by atoms with Crippen molar-refractivity contribution in [2.75, 3.05) is 6.61 Å². The van der Waals surface area contributed by atoms with Gasteiger partial charge in [-0.25, -0.2) is 4.68 Å². The van der Waals surface area contributed by atoms with E-state index in [-0.39, 0.29) is 12.3 Å². The Morgan fingerprint density at radius 3 is 2.74 bits per heavy atom. The summed E-state index contributed by atoms with van der Waals surface area (Å²) in [4.78, 5) is 12.1. The van der Waals surface area contributed by atoms with Crippen LogP contribution in [0.2, 0.25) is 25.7 Å².